The van der Waals surface area contributed by atoms with Crippen molar-refractivity contribution in [1.82, 2.24) is 14.6 Å². The lowest BCUT2D eigenvalue weighted by Crippen LogP contribution is -2.37. The molecule has 2 aliphatic heterocycles. The lowest BCUT2D eigenvalue weighted by Gasteiger charge is -2.29. The van der Waals surface area contributed by atoms with E-state index in [1.165, 1.54) is 27.8 Å². The highest BCUT2D eigenvalue weighted by molar-refractivity contribution is 7.89. The molecule has 0 spiro atoms. The molecule has 4 rings (SSSR count). The van der Waals surface area contributed by atoms with Crippen LogP contribution in [0.4, 0.5) is 15.6 Å². The van der Waals surface area contributed by atoms with Gasteiger partial charge in [0.05, 0.1) is 17.0 Å². The van der Waals surface area contributed by atoms with Crippen LogP contribution in [0.3, 0.4) is 0 Å². The molecule has 11 heteroatoms. The first kappa shape index (κ1) is 21.7. The summed E-state index contributed by atoms with van der Waals surface area (Å²) in [6.45, 7) is 4.35. The molecular formula is C20H25N5O4S2. The van der Waals surface area contributed by atoms with Crippen molar-refractivity contribution >= 4 is 44.1 Å². The van der Waals surface area contributed by atoms with Crippen LogP contribution in [0.1, 0.15) is 25.5 Å². The molecule has 2 N–H and O–H groups in total. The van der Waals surface area contributed by atoms with Crippen LogP contribution in [0.15, 0.2) is 34.5 Å². The maximum Gasteiger partial charge on any atom is 0.323 e. The number of carbonyl (C=O) groups is 2. The average Bonchev–Trinajstić information content (AvgIpc) is 3.37. The summed E-state index contributed by atoms with van der Waals surface area (Å²) in [7, 11) is -3.51. The van der Waals surface area contributed by atoms with Crippen LogP contribution in [-0.2, 0) is 21.2 Å². The van der Waals surface area contributed by atoms with E-state index in [-0.39, 0.29) is 23.3 Å². The second-order valence-electron chi connectivity index (χ2n) is 7.84. The molecule has 0 radical (unpaired) electrons. The van der Waals surface area contributed by atoms with E-state index in [2.05, 4.69) is 22.5 Å². The number of benzene rings is 1. The lowest BCUT2D eigenvalue weighted by atomic mass is 10.0. The Labute approximate surface area is 185 Å². The number of sulfonamides is 1. The number of nitrogens with one attached hydrogen (secondary N) is 2. The van der Waals surface area contributed by atoms with Crippen LogP contribution in [0, 0.1) is 5.92 Å². The van der Waals surface area contributed by atoms with Crippen molar-refractivity contribution in [3.63, 3.8) is 0 Å². The summed E-state index contributed by atoms with van der Waals surface area (Å²) in [5.41, 5.74) is 1.10. The third kappa shape index (κ3) is 4.89. The maximum absolute atomic E-state index is 12.8. The summed E-state index contributed by atoms with van der Waals surface area (Å²) < 4.78 is 27.1. The van der Waals surface area contributed by atoms with Crippen LogP contribution >= 0.6 is 11.3 Å². The number of piperidine rings is 1. The van der Waals surface area contributed by atoms with E-state index in [1.54, 1.807) is 22.4 Å². The van der Waals surface area contributed by atoms with Gasteiger partial charge in [0.1, 0.15) is 0 Å². The fraction of sp³-hybridized carbons (Fsp3) is 0.450. The van der Waals surface area contributed by atoms with Crippen molar-refractivity contribution in [1.29, 1.82) is 0 Å². The van der Waals surface area contributed by atoms with Gasteiger partial charge in [-0.3, -0.25) is 9.69 Å². The third-order valence-corrected chi connectivity index (χ3v) is 8.31. The Bertz CT molecular complexity index is 1060. The van der Waals surface area contributed by atoms with E-state index < -0.39 is 10.0 Å². The van der Waals surface area contributed by atoms with Crippen molar-refractivity contribution in [3.05, 3.63) is 35.3 Å². The highest BCUT2D eigenvalue weighted by atomic mass is 32.2. The summed E-state index contributed by atoms with van der Waals surface area (Å²) >= 11 is 1.32. The van der Waals surface area contributed by atoms with E-state index in [9.17, 15) is 18.0 Å². The number of anilines is 2. The molecule has 0 bridgehead atoms. The zero-order valence-corrected chi connectivity index (χ0v) is 18.8. The Kier molecular flexibility index (Phi) is 6.26. The van der Waals surface area contributed by atoms with E-state index in [4.69, 9.17) is 0 Å². The molecule has 0 aliphatic carbocycles. The molecule has 1 aromatic carbocycles. The summed E-state index contributed by atoms with van der Waals surface area (Å²) in [6, 6.07) is 6.06. The van der Waals surface area contributed by atoms with Gasteiger partial charge in [-0.05, 0) is 43.0 Å². The van der Waals surface area contributed by atoms with Gasteiger partial charge < -0.3 is 10.6 Å². The molecule has 0 unspecified atom stereocenters. The number of urea groups is 1. The fourth-order valence-corrected chi connectivity index (χ4v) is 5.93. The van der Waals surface area contributed by atoms with Gasteiger partial charge in [-0.1, -0.05) is 6.92 Å². The molecule has 2 aromatic rings. The highest BCUT2D eigenvalue weighted by Crippen LogP contribution is 2.25. The number of nitrogens with zero attached hydrogens (tertiary/aromatic N) is 3. The van der Waals surface area contributed by atoms with E-state index in [0.717, 1.165) is 12.8 Å². The fourth-order valence-electron chi connectivity index (χ4n) is 3.61. The number of aromatic nitrogens is 1. The van der Waals surface area contributed by atoms with Gasteiger partial charge in [0, 0.05) is 37.2 Å². The number of hydrogen-bond donors (Lipinski definition) is 2. The van der Waals surface area contributed by atoms with Crippen molar-refractivity contribution in [3.8, 4) is 0 Å². The van der Waals surface area contributed by atoms with Crippen LogP contribution in [0.25, 0.3) is 0 Å². The first-order valence-corrected chi connectivity index (χ1v) is 12.5. The minimum Gasteiger partial charge on any atom is -0.336 e. The molecular weight excluding hydrogens is 438 g/mol. The van der Waals surface area contributed by atoms with E-state index in [0.29, 0.717) is 48.6 Å². The number of hydrogen-bond acceptors (Lipinski definition) is 6. The first-order valence-electron chi connectivity index (χ1n) is 10.2. The molecule has 0 atom stereocenters. The van der Waals surface area contributed by atoms with Crippen molar-refractivity contribution < 1.29 is 18.0 Å². The minimum absolute atomic E-state index is 0.0674. The van der Waals surface area contributed by atoms with Gasteiger partial charge in [0.2, 0.25) is 15.9 Å². The van der Waals surface area contributed by atoms with Crippen LogP contribution in [-0.4, -0.2) is 55.8 Å². The Morgan fingerprint density at radius 1 is 1.23 bits per heavy atom. The molecule has 31 heavy (non-hydrogen) atoms. The molecule has 3 amide bonds. The van der Waals surface area contributed by atoms with Crippen LogP contribution < -0.4 is 15.5 Å². The molecule has 2 aliphatic rings. The van der Waals surface area contributed by atoms with Crippen molar-refractivity contribution in [2.75, 3.05) is 36.4 Å². The zero-order valence-electron chi connectivity index (χ0n) is 17.2. The summed E-state index contributed by atoms with van der Waals surface area (Å²) in [4.78, 5) is 30.2. The van der Waals surface area contributed by atoms with E-state index in [1.807, 2.05) is 0 Å². The highest BCUT2D eigenvalue weighted by Gasteiger charge is 2.28. The Morgan fingerprint density at radius 2 is 1.94 bits per heavy atom. The molecule has 2 saturated heterocycles. The summed E-state index contributed by atoms with van der Waals surface area (Å²) in [6.07, 6.45) is 1.81. The predicted octanol–water partition coefficient (Wildman–Crippen LogP) is 2.27. The molecule has 3 heterocycles. The summed E-state index contributed by atoms with van der Waals surface area (Å²) in [5.74, 6) is 0.286. The topological polar surface area (TPSA) is 112 Å². The van der Waals surface area contributed by atoms with Gasteiger partial charge in [0.25, 0.3) is 0 Å². The number of rotatable bonds is 6. The second-order valence-corrected chi connectivity index (χ2v) is 10.6. The maximum atomic E-state index is 12.8. The first-order chi connectivity index (χ1) is 14.8. The van der Waals surface area contributed by atoms with Gasteiger partial charge in [-0.25, -0.2) is 18.2 Å². The number of carbonyl (C=O) groups excluding carboxylic acids is 2. The standard InChI is InChI=1S/C20H25N5O4S2/c1-14-6-9-24(10-7-14)31(28,29)17-4-2-15(3-5-17)22-18(26)12-16-13-30-20(23-16)25-11-8-21-19(25)27/h2-5,13-14H,6-12H2,1H3,(H,21,27)(H,22,26). The number of amides is 3. The molecule has 1 aromatic heterocycles. The molecule has 0 saturated carbocycles. The van der Waals surface area contributed by atoms with Gasteiger partial charge in [-0.15, -0.1) is 11.3 Å². The monoisotopic (exact) mass is 463 g/mol. The smallest absolute Gasteiger partial charge is 0.323 e. The molecule has 2 fully saturated rings. The minimum atomic E-state index is -3.51. The largest absolute Gasteiger partial charge is 0.336 e. The van der Waals surface area contributed by atoms with Gasteiger partial charge in [-0.2, -0.15) is 4.31 Å². The normalized spacial score (nSPS) is 18.2. The van der Waals surface area contributed by atoms with E-state index >= 15 is 0 Å². The van der Waals surface area contributed by atoms with Crippen LogP contribution in [0.5, 0.6) is 0 Å². The molecule has 9 nitrogen and oxygen atoms in total. The quantitative estimate of drug-likeness (QED) is 0.683. The van der Waals surface area contributed by atoms with Crippen molar-refractivity contribution in [2.24, 2.45) is 5.92 Å². The lowest BCUT2D eigenvalue weighted by molar-refractivity contribution is -0.115. The van der Waals surface area contributed by atoms with Crippen LogP contribution in [0.2, 0.25) is 0 Å². The summed E-state index contributed by atoms with van der Waals surface area (Å²) in [5, 5.41) is 7.81. The number of thiazole rings is 1. The molecule has 166 valence electrons. The van der Waals surface area contributed by atoms with Crippen molar-refractivity contribution in [2.45, 2.75) is 31.1 Å². The average molecular weight is 464 g/mol. The SMILES string of the molecule is CC1CCN(S(=O)(=O)c2ccc(NC(=O)Cc3csc(N4CCNC4=O)n3)cc2)CC1. The second kappa shape index (κ2) is 8.93. The Balaban J connectivity index is 1.35. The Morgan fingerprint density at radius 3 is 2.58 bits per heavy atom. The zero-order chi connectivity index (χ0) is 22.0. The predicted molar refractivity (Wildman–Crippen MR) is 119 cm³/mol. The van der Waals surface area contributed by atoms with Gasteiger partial charge >= 0.3 is 6.03 Å². The Hall–Kier alpha value is -2.50. The van der Waals surface area contributed by atoms with Gasteiger partial charge in [0.15, 0.2) is 5.13 Å². The third-order valence-electron chi connectivity index (χ3n) is 5.49.